The van der Waals surface area contributed by atoms with E-state index in [9.17, 15) is 4.79 Å². The summed E-state index contributed by atoms with van der Waals surface area (Å²) in [5.74, 6) is 0.110. The molecule has 5 heteroatoms. The Kier molecular flexibility index (Phi) is 5.34. The number of rotatable bonds is 3. The first-order valence-corrected chi connectivity index (χ1v) is 11.6. The van der Waals surface area contributed by atoms with E-state index >= 15 is 0 Å². The lowest BCUT2D eigenvalue weighted by Gasteiger charge is -2.20. The van der Waals surface area contributed by atoms with Gasteiger partial charge in [0.15, 0.2) is 10.6 Å². The van der Waals surface area contributed by atoms with E-state index in [1.807, 2.05) is 48.5 Å². The topological polar surface area (TPSA) is 34.4 Å². The van der Waals surface area contributed by atoms with Crippen LogP contribution in [0.4, 0.5) is 0 Å². The zero-order valence-corrected chi connectivity index (χ0v) is 18.7. The summed E-state index contributed by atoms with van der Waals surface area (Å²) in [5.41, 5.74) is 6.25. The van der Waals surface area contributed by atoms with E-state index in [-0.39, 0.29) is 11.8 Å². The maximum atomic E-state index is 13.1. The quantitative estimate of drug-likeness (QED) is 0.367. The predicted octanol–water partition coefficient (Wildman–Crippen LogP) is 6.27. The van der Waals surface area contributed by atoms with Crippen LogP contribution in [0.15, 0.2) is 83.2 Å². The number of thiazole rings is 1. The minimum Gasteiger partial charge on any atom is -0.292 e. The summed E-state index contributed by atoms with van der Waals surface area (Å²) in [5, 5.41) is 2.81. The molecular weight excluding hydrogens is 424 g/mol. The van der Waals surface area contributed by atoms with Gasteiger partial charge in [-0.1, -0.05) is 65.7 Å². The number of aryl methyl sites for hydroxylation is 2. The zero-order valence-electron chi connectivity index (χ0n) is 17.1. The molecule has 0 saturated carbocycles. The van der Waals surface area contributed by atoms with Gasteiger partial charge in [0.25, 0.3) is 0 Å². The number of nitrogens with zero attached hydrogens (tertiary/aromatic N) is 2. The van der Waals surface area contributed by atoms with Gasteiger partial charge in [0.2, 0.25) is 0 Å². The normalized spacial score (nSPS) is 16.4. The number of fused-ring (bicyclic) bond motifs is 1. The standard InChI is InChI=1S/C26H21ClN2OS/c1-17-6-13-21(14-7-17)29-24(19-8-11-20(27)12-9-19)16-31-26(29)28-23-15-10-18-4-2-3-5-22(18)25(23)30/h2-9,11-14,16,23H,10,15H2,1H3/t23-/m0/s1. The fourth-order valence-electron chi connectivity index (χ4n) is 4.00. The summed E-state index contributed by atoms with van der Waals surface area (Å²) < 4.78 is 2.14. The van der Waals surface area contributed by atoms with Gasteiger partial charge in [-0.25, -0.2) is 4.99 Å². The Morgan fingerprint density at radius 1 is 1.00 bits per heavy atom. The van der Waals surface area contributed by atoms with Gasteiger partial charge in [0.05, 0.1) is 5.69 Å². The molecule has 0 saturated heterocycles. The number of carbonyl (C=O) groups excluding carboxylic acids is 1. The highest BCUT2D eigenvalue weighted by atomic mass is 35.5. The highest BCUT2D eigenvalue weighted by Crippen LogP contribution is 2.27. The van der Waals surface area contributed by atoms with Crippen molar-refractivity contribution in [3.8, 4) is 16.9 Å². The fourth-order valence-corrected chi connectivity index (χ4v) is 5.09. The second kappa shape index (κ2) is 8.29. The molecule has 1 aromatic heterocycles. The summed E-state index contributed by atoms with van der Waals surface area (Å²) in [6.07, 6.45) is 1.61. The SMILES string of the molecule is Cc1ccc(-n2c(-c3ccc(Cl)cc3)csc2=N[C@H]2CCc3ccccc3C2=O)cc1. The van der Waals surface area contributed by atoms with Crippen molar-refractivity contribution in [2.75, 3.05) is 0 Å². The van der Waals surface area contributed by atoms with E-state index in [4.69, 9.17) is 16.6 Å². The molecule has 4 aromatic rings. The Labute approximate surface area is 190 Å². The van der Waals surface area contributed by atoms with E-state index in [1.54, 1.807) is 11.3 Å². The molecule has 3 nitrogen and oxygen atoms in total. The van der Waals surface area contributed by atoms with Crippen LogP contribution in [0.25, 0.3) is 16.9 Å². The molecule has 0 amide bonds. The Bertz CT molecular complexity index is 1320. The number of carbonyl (C=O) groups is 1. The van der Waals surface area contributed by atoms with Gasteiger partial charge in [-0.2, -0.15) is 0 Å². The average Bonchev–Trinajstić information content (AvgIpc) is 3.20. The molecule has 1 heterocycles. The molecule has 1 aliphatic carbocycles. The van der Waals surface area contributed by atoms with Crippen LogP contribution in [0.3, 0.4) is 0 Å². The fraction of sp³-hybridized carbons (Fsp3) is 0.154. The molecule has 1 aliphatic rings. The average molecular weight is 445 g/mol. The first-order chi connectivity index (χ1) is 15.1. The van der Waals surface area contributed by atoms with Crippen LogP contribution in [0.1, 0.15) is 27.9 Å². The van der Waals surface area contributed by atoms with Gasteiger partial charge >= 0.3 is 0 Å². The molecule has 0 radical (unpaired) electrons. The molecule has 1 atom stereocenters. The van der Waals surface area contributed by atoms with Crippen molar-refractivity contribution in [2.45, 2.75) is 25.8 Å². The minimum absolute atomic E-state index is 0.110. The lowest BCUT2D eigenvalue weighted by molar-refractivity contribution is 0.0948. The van der Waals surface area contributed by atoms with Gasteiger partial charge < -0.3 is 0 Å². The summed E-state index contributed by atoms with van der Waals surface area (Å²) in [4.78, 5) is 18.9. The van der Waals surface area contributed by atoms with Crippen molar-refractivity contribution in [3.05, 3.63) is 105 Å². The number of hydrogen-bond donors (Lipinski definition) is 0. The Morgan fingerprint density at radius 3 is 2.52 bits per heavy atom. The van der Waals surface area contributed by atoms with Crippen LogP contribution < -0.4 is 4.80 Å². The Balaban J connectivity index is 1.65. The van der Waals surface area contributed by atoms with Crippen LogP contribution in [-0.4, -0.2) is 16.4 Å². The van der Waals surface area contributed by atoms with Gasteiger partial charge in [-0.3, -0.25) is 9.36 Å². The zero-order chi connectivity index (χ0) is 21.4. The summed E-state index contributed by atoms with van der Waals surface area (Å²) in [6.45, 7) is 2.07. The summed E-state index contributed by atoms with van der Waals surface area (Å²) in [6, 6.07) is 23.7. The monoisotopic (exact) mass is 444 g/mol. The van der Waals surface area contributed by atoms with Crippen molar-refractivity contribution >= 4 is 28.7 Å². The molecule has 0 spiro atoms. The Hall–Kier alpha value is -2.95. The number of benzene rings is 3. The van der Waals surface area contributed by atoms with Crippen LogP contribution in [0, 0.1) is 6.92 Å². The molecule has 31 heavy (non-hydrogen) atoms. The lowest BCUT2D eigenvalue weighted by atomic mass is 9.87. The highest BCUT2D eigenvalue weighted by Gasteiger charge is 2.27. The lowest BCUT2D eigenvalue weighted by Crippen LogP contribution is -2.29. The molecule has 0 aliphatic heterocycles. The second-order valence-corrected chi connectivity index (χ2v) is 9.06. The largest absolute Gasteiger partial charge is 0.292 e. The van der Waals surface area contributed by atoms with Gasteiger partial charge in [0.1, 0.15) is 6.04 Å². The second-order valence-electron chi connectivity index (χ2n) is 7.79. The maximum Gasteiger partial charge on any atom is 0.190 e. The van der Waals surface area contributed by atoms with E-state index in [0.717, 1.165) is 45.7 Å². The van der Waals surface area contributed by atoms with Crippen molar-refractivity contribution < 1.29 is 4.79 Å². The Morgan fingerprint density at radius 2 is 1.74 bits per heavy atom. The number of halogens is 1. The van der Waals surface area contributed by atoms with E-state index in [1.165, 1.54) is 5.56 Å². The van der Waals surface area contributed by atoms with Crippen molar-refractivity contribution in [3.63, 3.8) is 0 Å². The molecule has 0 unspecified atom stereocenters. The minimum atomic E-state index is -0.358. The molecule has 3 aromatic carbocycles. The van der Waals surface area contributed by atoms with Crippen molar-refractivity contribution in [2.24, 2.45) is 4.99 Å². The molecule has 0 N–H and O–H groups in total. The number of ketones is 1. The molecule has 0 bridgehead atoms. The molecule has 5 rings (SSSR count). The summed E-state index contributed by atoms with van der Waals surface area (Å²) >= 11 is 7.67. The van der Waals surface area contributed by atoms with Gasteiger partial charge in [-0.05, 0) is 55.2 Å². The number of hydrogen-bond acceptors (Lipinski definition) is 3. The van der Waals surface area contributed by atoms with Gasteiger partial charge in [-0.15, -0.1) is 11.3 Å². The molecule has 154 valence electrons. The van der Waals surface area contributed by atoms with E-state index < -0.39 is 0 Å². The van der Waals surface area contributed by atoms with Crippen molar-refractivity contribution in [1.82, 2.24) is 4.57 Å². The third-order valence-electron chi connectivity index (χ3n) is 5.68. The first-order valence-electron chi connectivity index (χ1n) is 10.3. The summed E-state index contributed by atoms with van der Waals surface area (Å²) in [7, 11) is 0. The van der Waals surface area contributed by atoms with Crippen LogP contribution in [-0.2, 0) is 6.42 Å². The third-order valence-corrected chi connectivity index (χ3v) is 6.77. The van der Waals surface area contributed by atoms with E-state index in [0.29, 0.717) is 5.02 Å². The van der Waals surface area contributed by atoms with Crippen LogP contribution >= 0.6 is 22.9 Å². The first kappa shape index (κ1) is 20.0. The molecular formula is C26H21ClN2OS. The smallest absolute Gasteiger partial charge is 0.190 e. The predicted molar refractivity (Wildman–Crippen MR) is 127 cm³/mol. The van der Waals surface area contributed by atoms with Gasteiger partial charge in [0, 0.05) is 21.7 Å². The highest BCUT2D eigenvalue weighted by molar-refractivity contribution is 7.07. The number of aromatic nitrogens is 1. The maximum absolute atomic E-state index is 13.1. The molecule has 0 fully saturated rings. The van der Waals surface area contributed by atoms with Crippen molar-refractivity contribution in [1.29, 1.82) is 0 Å². The number of Topliss-reactive ketones (excluding diaryl/α,β-unsaturated/α-hetero) is 1. The van der Waals surface area contributed by atoms with Crippen LogP contribution in [0.2, 0.25) is 5.02 Å². The third kappa shape index (κ3) is 3.89. The van der Waals surface area contributed by atoms with E-state index in [2.05, 4.69) is 41.1 Å². The van der Waals surface area contributed by atoms with Crippen LogP contribution in [0.5, 0.6) is 0 Å².